The highest BCUT2D eigenvalue weighted by Crippen LogP contribution is 2.33. The fraction of sp³-hybridized carbons (Fsp3) is 0.368. The topological polar surface area (TPSA) is 0 Å². The van der Waals surface area contributed by atoms with Crippen LogP contribution < -0.4 is 0 Å². The average Bonchev–Trinajstić information content (AvgIpc) is 2.26. The quantitative estimate of drug-likeness (QED) is 0.622. The van der Waals surface area contributed by atoms with Gasteiger partial charge in [0.25, 0.3) is 0 Å². The standard InChI is InChI=1S/C19H24/c1-13-9-7-8-10-17(13)16-11-14(2)18(15(3)12-16)19(4,5)6/h7-12H,1-6H3. The van der Waals surface area contributed by atoms with Crippen LogP contribution in [0, 0.1) is 20.8 Å². The highest BCUT2D eigenvalue weighted by Gasteiger charge is 2.19. The van der Waals surface area contributed by atoms with Crippen LogP contribution in [0.3, 0.4) is 0 Å². The molecule has 2 aromatic carbocycles. The lowest BCUT2D eigenvalue weighted by atomic mass is 9.80. The maximum absolute atomic E-state index is 2.33. The van der Waals surface area contributed by atoms with Crippen molar-refractivity contribution < 1.29 is 0 Å². The summed E-state index contributed by atoms with van der Waals surface area (Å²) in [4.78, 5) is 0. The van der Waals surface area contributed by atoms with Crippen LogP contribution in [0.5, 0.6) is 0 Å². The molecule has 100 valence electrons. The fourth-order valence-corrected chi connectivity index (χ4v) is 3.20. The second-order valence-corrected chi connectivity index (χ2v) is 6.55. The van der Waals surface area contributed by atoms with Gasteiger partial charge in [-0.25, -0.2) is 0 Å². The first-order chi connectivity index (χ1) is 8.80. The van der Waals surface area contributed by atoms with Crippen LogP contribution in [0.1, 0.15) is 43.0 Å². The first-order valence-corrected chi connectivity index (χ1v) is 6.98. The van der Waals surface area contributed by atoms with Gasteiger partial charge >= 0.3 is 0 Å². The maximum Gasteiger partial charge on any atom is -0.0127 e. The van der Waals surface area contributed by atoms with E-state index in [0.29, 0.717) is 0 Å². The molecule has 0 heterocycles. The zero-order valence-electron chi connectivity index (χ0n) is 13.0. The molecule has 0 spiro atoms. The van der Waals surface area contributed by atoms with Gasteiger partial charge < -0.3 is 0 Å². The zero-order valence-corrected chi connectivity index (χ0v) is 13.0. The predicted octanol–water partition coefficient (Wildman–Crippen LogP) is 5.58. The number of rotatable bonds is 1. The minimum Gasteiger partial charge on any atom is -0.0620 e. The first-order valence-electron chi connectivity index (χ1n) is 6.98. The Labute approximate surface area is 117 Å². The number of hydrogen-bond acceptors (Lipinski definition) is 0. The molecule has 0 amide bonds. The molecule has 0 radical (unpaired) electrons. The summed E-state index contributed by atoms with van der Waals surface area (Å²) >= 11 is 0. The van der Waals surface area contributed by atoms with Crippen molar-refractivity contribution in [1.29, 1.82) is 0 Å². The van der Waals surface area contributed by atoms with Crippen molar-refractivity contribution >= 4 is 0 Å². The molecular weight excluding hydrogens is 228 g/mol. The summed E-state index contributed by atoms with van der Waals surface area (Å²) in [5.41, 5.74) is 8.49. The van der Waals surface area contributed by atoms with Gasteiger partial charge in [0.15, 0.2) is 0 Å². The van der Waals surface area contributed by atoms with Crippen molar-refractivity contribution in [3.8, 4) is 11.1 Å². The Kier molecular flexibility index (Phi) is 3.54. The van der Waals surface area contributed by atoms with E-state index >= 15 is 0 Å². The van der Waals surface area contributed by atoms with Gasteiger partial charge in [-0.2, -0.15) is 0 Å². The fourth-order valence-electron chi connectivity index (χ4n) is 3.20. The van der Waals surface area contributed by atoms with Crippen molar-refractivity contribution in [3.05, 3.63) is 58.7 Å². The average molecular weight is 252 g/mol. The molecule has 0 heteroatoms. The molecule has 0 bridgehead atoms. The summed E-state index contributed by atoms with van der Waals surface area (Å²) in [5, 5.41) is 0. The Hall–Kier alpha value is -1.56. The normalized spacial score (nSPS) is 11.7. The molecule has 0 aliphatic carbocycles. The van der Waals surface area contributed by atoms with E-state index in [0.717, 1.165) is 0 Å². The van der Waals surface area contributed by atoms with E-state index in [1.807, 2.05) is 0 Å². The molecule has 0 saturated carbocycles. The third-order valence-electron chi connectivity index (χ3n) is 3.74. The number of hydrogen-bond donors (Lipinski definition) is 0. The number of benzene rings is 2. The highest BCUT2D eigenvalue weighted by atomic mass is 14.2. The molecular formula is C19H24. The van der Waals surface area contributed by atoms with Gasteiger partial charge in [0.05, 0.1) is 0 Å². The molecule has 0 N–H and O–H groups in total. The zero-order chi connectivity index (χ0) is 14.2. The SMILES string of the molecule is Cc1ccccc1-c1cc(C)c(C(C)(C)C)c(C)c1. The largest absolute Gasteiger partial charge is 0.0620 e. The molecule has 0 aromatic heterocycles. The van der Waals surface area contributed by atoms with E-state index < -0.39 is 0 Å². The van der Waals surface area contributed by atoms with Crippen molar-refractivity contribution in [2.75, 3.05) is 0 Å². The van der Waals surface area contributed by atoms with Crippen molar-refractivity contribution in [1.82, 2.24) is 0 Å². The van der Waals surface area contributed by atoms with Crippen molar-refractivity contribution in [2.45, 2.75) is 47.0 Å². The molecule has 0 aliphatic rings. The number of aryl methyl sites for hydroxylation is 3. The highest BCUT2D eigenvalue weighted by molar-refractivity contribution is 5.69. The Morgan fingerprint density at radius 2 is 1.26 bits per heavy atom. The molecule has 2 aromatic rings. The third kappa shape index (κ3) is 2.73. The van der Waals surface area contributed by atoms with Gasteiger partial charge in [-0.1, -0.05) is 57.2 Å². The molecule has 0 unspecified atom stereocenters. The summed E-state index contributed by atoms with van der Waals surface area (Å²) in [6.45, 7) is 13.5. The molecule has 19 heavy (non-hydrogen) atoms. The molecule has 0 atom stereocenters. The summed E-state index contributed by atoms with van der Waals surface area (Å²) < 4.78 is 0. The van der Waals surface area contributed by atoms with Gasteiger partial charge in [0.1, 0.15) is 0 Å². The van der Waals surface area contributed by atoms with Crippen LogP contribution in [-0.4, -0.2) is 0 Å². The second kappa shape index (κ2) is 4.85. The van der Waals surface area contributed by atoms with E-state index in [2.05, 4.69) is 77.9 Å². The van der Waals surface area contributed by atoms with Crippen LogP contribution >= 0.6 is 0 Å². The Morgan fingerprint density at radius 1 is 0.737 bits per heavy atom. The summed E-state index contributed by atoms with van der Waals surface area (Å²) in [5.74, 6) is 0. The lowest BCUT2D eigenvalue weighted by molar-refractivity contribution is 0.582. The predicted molar refractivity (Wildman–Crippen MR) is 84.8 cm³/mol. The Bertz CT molecular complexity index is 575. The van der Waals surface area contributed by atoms with Crippen LogP contribution in [0.2, 0.25) is 0 Å². The molecule has 2 rings (SSSR count). The van der Waals surface area contributed by atoms with Gasteiger partial charge in [0.2, 0.25) is 0 Å². The monoisotopic (exact) mass is 252 g/mol. The summed E-state index contributed by atoms with van der Waals surface area (Å²) in [6.07, 6.45) is 0. The lowest BCUT2D eigenvalue weighted by Gasteiger charge is -2.25. The lowest BCUT2D eigenvalue weighted by Crippen LogP contribution is -2.15. The molecule has 0 aliphatic heterocycles. The van der Waals surface area contributed by atoms with Crippen molar-refractivity contribution in [3.63, 3.8) is 0 Å². The Morgan fingerprint density at radius 3 is 1.74 bits per heavy atom. The van der Waals surface area contributed by atoms with Crippen LogP contribution in [-0.2, 0) is 5.41 Å². The van der Waals surface area contributed by atoms with E-state index in [9.17, 15) is 0 Å². The van der Waals surface area contributed by atoms with Crippen LogP contribution in [0.15, 0.2) is 36.4 Å². The molecule has 0 fully saturated rings. The van der Waals surface area contributed by atoms with Crippen molar-refractivity contribution in [2.24, 2.45) is 0 Å². The Balaban J connectivity index is 2.62. The van der Waals surface area contributed by atoms with Crippen LogP contribution in [0.4, 0.5) is 0 Å². The van der Waals surface area contributed by atoms with E-state index in [1.54, 1.807) is 0 Å². The first kappa shape index (κ1) is 13.9. The maximum atomic E-state index is 2.33. The molecule has 0 nitrogen and oxygen atoms in total. The van der Waals surface area contributed by atoms with E-state index in [-0.39, 0.29) is 5.41 Å². The summed E-state index contributed by atoms with van der Waals surface area (Å²) in [7, 11) is 0. The third-order valence-corrected chi connectivity index (χ3v) is 3.74. The van der Waals surface area contributed by atoms with Gasteiger partial charge in [-0.05, 0) is 59.6 Å². The van der Waals surface area contributed by atoms with Crippen LogP contribution in [0.25, 0.3) is 11.1 Å². The van der Waals surface area contributed by atoms with Gasteiger partial charge in [-0.3, -0.25) is 0 Å². The minimum atomic E-state index is 0.207. The van der Waals surface area contributed by atoms with Gasteiger partial charge in [0, 0.05) is 0 Å². The van der Waals surface area contributed by atoms with E-state index in [1.165, 1.54) is 33.4 Å². The minimum absolute atomic E-state index is 0.207. The van der Waals surface area contributed by atoms with E-state index in [4.69, 9.17) is 0 Å². The summed E-state index contributed by atoms with van der Waals surface area (Å²) in [6, 6.07) is 13.3. The smallest absolute Gasteiger partial charge is 0.0127 e. The van der Waals surface area contributed by atoms with Gasteiger partial charge in [-0.15, -0.1) is 0 Å². The molecule has 0 saturated heterocycles. The second-order valence-electron chi connectivity index (χ2n) is 6.55.